The predicted octanol–water partition coefficient (Wildman–Crippen LogP) is 0.769. The summed E-state index contributed by atoms with van der Waals surface area (Å²) in [5.41, 5.74) is 0. The number of rotatable bonds is 5. The van der Waals surface area contributed by atoms with Crippen LogP contribution in [0.3, 0.4) is 0 Å². The molecule has 1 aliphatic rings. The first kappa shape index (κ1) is 13.4. The molecule has 1 aliphatic heterocycles. The van der Waals surface area contributed by atoms with Gasteiger partial charge in [0, 0.05) is 19.5 Å². The van der Waals surface area contributed by atoms with Crippen molar-refractivity contribution in [1.82, 2.24) is 4.31 Å². The summed E-state index contributed by atoms with van der Waals surface area (Å²) < 4.78 is 25.1. The lowest BCUT2D eigenvalue weighted by atomic mass is 10.1. The fourth-order valence-corrected chi connectivity index (χ4v) is 3.86. The molecular weight excluding hydrogens is 230 g/mol. The lowest BCUT2D eigenvalue weighted by molar-refractivity contribution is -0.137. The van der Waals surface area contributed by atoms with Crippen LogP contribution < -0.4 is 0 Å². The van der Waals surface area contributed by atoms with Gasteiger partial charge in [0.2, 0.25) is 10.0 Å². The SMILES string of the molecule is CC(C)CS(=O)(=O)N1CCC(CC(=O)O)C1. The molecule has 0 aliphatic carbocycles. The summed E-state index contributed by atoms with van der Waals surface area (Å²) in [6.07, 6.45) is 0.720. The molecule has 5 nitrogen and oxygen atoms in total. The molecule has 6 heteroatoms. The van der Waals surface area contributed by atoms with Crippen molar-refractivity contribution in [3.63, 3.8) is 0 Å². The van der Waals surface area contributed by atoms with Crippen LogP contribution in [-0.2, 0) is 14.8 Å². The molecule has 0 aromatic rings. The highest BCUT2D eigenvalue weighted by molar-refractivity contribution is 7.89. The first-order valence-electron chi connectivity index (χ1n) is 5.51. The molecule has 1 atom stereocenters. The third-order valence-electron chi connectivity index (χ3n) is 2.65. The average Bonchev–Trinajstić information content (AvgIpc) is 2.49. The van der Waals surface area contributed by atoms with Gasteiger partial charge < -0.3 is 5.11 Å². The van der Waals surface area contributed by atoms with Gasteiger partial charge in [-0.25, -0.2) is 12.7 Å². The van der Waals surface area contributed by atoms with Crippen molar-refractivity contribution >= 4 is 16.0 Å². The average molecular weight is 249 g/mol. The maximum atomic E-state index is 11.9. The van der Waals surface area contributed by atoms with Gasteiger partial charge in [0.05, 0.1) is 5.75 Å². The van der Waals surface area contributed by atoms with E-state index in [9.17, 15) is 13.2 Å². The Kier molecular flexibility index (Phi) is 4.32. The summed E-state index contributed by atoms with van der Waals surface area (Å²) in [6.45, 7) is 4.55. The van der Waals surface area contributed by atoms with E-state index in [4.69, 9.17) is 5.11 Å². The van der Waals surface area contributed by atoms with Gasteiger partial charge in [0.15, 0.2) is 0 Å². The zero-order chi connectivity index (χ0) is 12.3. The molecule has 1 saturated heterocycles. The van der Waals surface area contributed by atoms with Crippen molar-refractivity contribution in [2.75, 3.05) is 18.8 Å². The second-order valence-corrected chi connectivity index (χ2v) is 6.80. The molecule has 1 rings (SSSR count). The Labute approximate surface area is 96.5 Å². The van der Waals surface area contributed by atoms with Crippen LogP contribution in [0.25, 0.3) is 0 Å². The minimum absolute atomic E-state index is 0.0283. The van der Waals surface area contributed by atoms with Gasteiger partial charge in [0.25, 0.3) is 0 Å². The van der Waals surface area contributed by atoms with E-state index in [1.54, 1.807) is 0 Å². The Bertz CT molecular complexity index is 350. The highest BCUT2D eigenvalue weighted by Gasteiger charge is 2.32. The van der Waals surface area contributed by atoms with Gasteiger partial charge in [-0.1, -0.05) is 13.8 Å². The second-order valence-electron chi connectivity index (χ2n) is 4.78. The monoisotopic (exact) mass is 249 g/mol. The van der Waals surface area contributed by atoms with E-state index < -0.39 is 16.0 Å². The minimum Gasteiger partial charge on any atom is -0.481 e. The molecule has 94 valence electrons. The summed E-state index contributed by atoms with van der Waals surface area (Å²) in [5.74, 6) is -0.636. The molecule has 0 bridgehead atoms. The quantitative estimate of drug-likeness (QED) is 0.781. The van der Waals surface area contributed by atoms with Crippen molar-refractivity contribution in [3.05, 3.63) is 0 Å². The molecule has 0 aromatic carbocycles. The van der Waals surface area contributed by atoms with Gasteiger partial charge in [-0.2, -0.15) is 0 Å². The maximum absolute atomic E-state index is 11.9. The van der Waals surface area contributed by atoms with E-state index in [-0.39, 0.29) is 24.0 Å². The van der Waals surface area contributed by atoms with Gasteiger partial charge in [0.1, 0.15) is 0 Å². The molecule has 0 spiro atoms. The summed E-state index contributed by atoms with van der Waals surface area (Å²) in [7, 11) is -3.19. The van der Waals surface area contributed by atoms with Crippen LogP contribution in [0.15, 0.2) is 0 Å². The van der Waals surface area contributed by atoms with Crippen LogP contribution in [0, 0.1) is 11.8 Å². The zero-order valence-corrected chi connectivity index (χ0v) is 10.5. The predicted molar refractivity (Wildman–Crippen MR) is 60.6 cm³/mol. The number of carboxylic acids is 1. The number of nitrogens with zero attached hydrogens (tertiary/aromatic N) is 1. The largest absolute Gasteiger partial charge is 0.481 e. The van der Waals surface area contributed by atoms with E-state index in [0.717, 1.165) is 0 Å². The number of carbonyl (C=O) groups is 1. The molecule has 1 unspecified atom stereocenters. The lowest BCUT2D eigenvalue weighted by Gasteiger charge is -2.17. The number of sulfonamides is 1. The van der Waals surface area contributed by atoms with E-state index in [1.165, 1.54) is 4.31 Å². The molecule has 0 amide bonds. The fraction of sp³-hybridized carbons (Fsp3) is 0.900. The van der Waals surface area contributed by atoms with Crippen LogP contribution >= 0.6 is 0 Å². The Hall–Kier alpha value is -0.620. The van der Waals surface area contributed by atoms with E-state index in [1.807, 2.05) is 13.8 Å². The Morgan fingerprint density at radius 2 is 2.12 bits per heavy atom. The minimum atomic E-state index is -3.19. The van der Waals surface area contributed by atoms with Gasteiger partial charge in [-0.05, 0) is 18.3 Å². The van der Waals surface area contributed by atoms with Crippen molar-refractivity contribution in [2.24, 2.45) is 11.8 Å². The Morgan fingerprint density at radius 3 is 2.62 bits per heavy atom. The molecule has 0 radical (unpaired) electrons. The van der Waals surface area contributed by atoms with Crippen molar-refractivity contribution in [2.45, 2.75) is 26.7 Å². The highest BCUT2D eigenvalue weighted by atomic mass is 32.2. The zero-order valence-electron chi connectivity index (χ0n) is 9.72. The topological polar surface area (TPSA) is 74.7 Å². The third kappa shape index (κ3) is 3.75. The third-order valence-corrected chi connectivity index (χ3v) is 4.86. The standard InChI is InChI=1S/C10H19NO4S/c1-8(2)7-16(14,15)11-4-3-9(6-11)5-10(12)13/h8-9H,3-7H2,1-2H3,(H,12,13). The molecule has 0 aromatic heterocycles. The maximum Gasteiger partial charge on any atom is 0.303 e. The number of carboxylic acid groups (broad SMARTS) is 1. The summed E-state index contributed by atoms with van der Waals surface area (Å²) in [6, 6.07) is 0. The normalized spacial score (nSPS) is 22.8. The number of hydrogen-bond acceptors (Lipinski definition) is 3. The molecule has 16 heavy (non-hydrogen) atoms. The summed E-state index contributed by atoms with van der Waals surface area (Å²) in [5, 5.41) is 8.64. The van der Waals surface area contributed by atoms with Crippen LogP contribution in [0.2, 0.25) is 0 Å². The fourth-order valence-electron chi connectivity index (χ4n) is 1.99. The van der Waals surface area contributed by atoms with E-state index in [0.29, 0.717) is 19.5 Å². The molecule has 1 fully saturated rings. The van der Waals surface area contributed by atoms with Crippen LogP contribution in [0.4, 0.5) is 0 Å². The second kappa shape index (κ2) is 5.14. The number of aliphatic carboxylic acids is 1. The van der Waals surface area contributed by atoms with Crippen LogP contribution in [0.5, 0.6) is 0 Å². The number of hydrogen-bond donors (Lipinski definition) is 1. The molecule has 1 N–H and O–H groups in total. The van der Waals surface area contributed by atoms with Gasteiger partial charge in [-0.15, -0.1) is 0 Å². The Morgan fingerprint density at radius 1 is 1.50 bits per heavy atom. The van der Waals surface area contributed by atoms with E-state index >= 15 is 0 Å². The highest BCUT2D eigenvalue weighted by Crippen LogP contribution is 2.23. The lowest BCUT2D eigenvalue weighted by Crippen LogP contribution is -2.32. The van der Waals surface area contributed by atoms with E-state index in [2.05, 4.69) is 0 Å². The molecule has 0 saturated carbocycles. The van der Waals surface area contributed by atoms with Crippen molar-refractivity contribution in [3.8, 4) is 0 Å². The van der Waals surface area contributed by atoms with Crippen LogP contribution in [0.1, 0.15) is 26.7 Å². The van der Waals surface area contributed by atoms with Crippen LogP contribution in [-0.4, -0.2) is 42.6 Å². The summed E-state index contributed by atoms with van der Waals surface area (Å²) in [4.78, 5) is 10.5. The Balaban J connectivity index is 2.55. The summed E-state index contributed by atoms with van der Waals surface area (Å²) >= 11 is 0. The van der Waals surface area contributed by atoms with Gasteiger partial charge >= 0.3 is 5.97 Å². The first-order chi connectivity index (χ1) is 7.31. The van der Waals surface area contributed by atoms with Crippen molar-refractivity contribution in [1.29, 1.82) is 0 Å². The first-order valence-corrected chi connectivity index (χ1v) is 7.12. The van der Waals surface area contributed by atoms with Crippen molar-refractivity contribution < 1.29 is 18.3 Å². The molecular formula is C10H19NO4S. The smallest absolute Gasteiger partial charge is 0.303 e. The van der Waals surface area contributed by atoms with Gasteiger partial charge in [-0.3, -0.25) is 4.79 Å². The molecule has 1 heterocycles.